The number of hydrogen-bond donors (Lipinski definition) is 2. The van der Waals surface area contributed by atoms with Crippen LogP contribution in [-0.2, 0) is 4.79 Å². The molecule has 1 heterocycles. The lowest BCUT2D eigenvalue weighted by atomic mass is 9.99. The SMILES string of the molecule is CCN1CCC(NC(CC(C)C)C(=O)NC)CC1. The minimum Gasteiger partial charge on any atom is -0.358 e. The predicted molar refractivity (Wildman–Crippen MR) is 75.6 cm³/mol. The summed E-state index contributed by atoms with van der Waals surface area (Å²) in [4.78, 5) is 14.3. The summed E-state index contributed by atoms with van der Waals surface area (Å²) in [6, 6.07) is 0.460. The van der Waals surface area contributed by atoms with Crippen LogP contribution in [0.4, 0.5) is 0 Å². The van der Waals surface area contributed by atoms with Crippen molar-refractivity contribution in [1.82, 2.24) is 15.5 Å². The second-order valence-electron chi connectivity index (χ2n) is 5.67. The third-order valence-electron chi connectivity index (χ3n) is 3.74. The summed E-state index contributed by atoms with van der Waals surface area (Å²) in [5.41, 5.74) is 0. The first-order valence-electron chi connectivity index (χ1n) is 7.26. The quantitative estimate of drug-likeness (QED) is 0.750. The molecule has 2 N–H and O–H groups in total. The smallest absolute Gasteiger partial charge is 0.236 e. The fourth-order valence-electron chi connectivity index (χ4n) is 2.60. The normalized spacial score (nSPS) is 20.1. The molecule has 1 rings (SSSR count). The summed E-state index contributed by atoms with van der Waals surface area (Å²) in [5.74, 6) is 0.664. The molecule has 0 aliphatic carbocycles. The van der Waals surface area contributed by atoms with Crippen molar-refractivity contribution in [3.05, 3.63) is 0 Å². The summed E-state index contributed by atoms with van der Waals surface area (Å²) >= 11 is 0. The number of likely N-dealkylation sites (N-methyl/N-ethyl adjacent to an activating group) is 1. The third-order valence-corrected chi connectivity index (χ3v) is 3.74. The Morgan fingerprint density at radius 2 is 1.94 bits per heavy atom. The van der Waals surface area contributed by atoms with Gasteiger partial charge in [-0.05, 0) is 44.8 Å². The van der Waals surface area contributed by atoms with Crippen LogP contribution in [0.3, 0.4) is 0 Å². The summed E-state index contributed by atoms with van der Waals surface area (Å²) < 4.78 is 0. The summed E-state index contributed by atoms with van der Waals surface area (Å²) in [6.45, 7) is 9.97. The Kier molecular flexibility index (Phi) is 6.65. The second kappa shape index (κ2) is 7.74. The van der Waals surface area contributed by atoms with Crippen LogP contribution < -0.4 is 10.6 Å². The molecule has 0 saturated carbocycles. The molecule has 106 valence electrons. The van der Waals surface area contributed by atoms with Crippen molar-refractivity contribution < 1.29 is 4.79 Å². The number of likely N-dealkylation sites (tertiary alicyclic amines) is 1. The molecule has 18 heavy (non-hydrogen) atoms. The number of carbonyl (C=O) groups excluding carboxylic acids is 1. The highest BCUT2D eigenvalue weighted by Gasteiger charge is 2.24. The molecule has 0 bridgehead atoms. The molecule has 1 atom stereocenters. The minimum absolute atomic E-state index is 0.0341. The van der Waals surface area contributed by atoms with Crippen LogP contribution >= 0.6 is 0 Å². The first kappa shape index (κ1) is 15.4. The van der Waals surface area contributed by atoms with Crippen molar-refractivity contribution in [2.24, 2.45) is 5.92 Å². The van der Waals surface area contributed by atoms with Crippen molar-refractivity contribution in [3.63, 3.8) is 0 Å². The van der Waals surface area contributed by atoms with E-state index in [1.54, 1.807) is 7.05 Å². The number of hydrogen-bond acceptors (Lipinski definition) is 3. The zero-order valence-electron chi connectivity index (χ0n) is 12.3. The molecule has 1 amide bonds. The van der Waals surface area contributed by atoms with Crippen LogP contribution in [0.1, 0.15) is 40.0 Å². The average molecular weight is 255 g/mol. The van der Waals surface area contributed by atoms with Gasteiger partial charge in [0.2, 0.25) is 5.91 Å². The molecular formula is C14H29N3O. The first-order valence-corrected chi connectivity index (χ1v) is 7.26. The van der Waals surface area contributed by atoms with Gasteiger partial charge in [0.15, 0.2) is 0 Å². The van der Waals surface area contributed by atoms with E-state index in [1.165, 1.54) is 0 Å². The number of piperidine rings is 1. The van der Waals surface area contributed by atoms with E-state index in [9.17, 15) is 4.79 Å². The lowest BCUT2D eigenvalue weighted by Crippen LogP contribution is -2.51. The maximum absolute atomic E-state index is 11.9. The maximum Gasteiger partial charge on any atom is 0.236 e. The van der Waals surface area contributed by atoms with Crippen LogP contribution in [0.5, 0.6) is 0 Å². The van der Waals surface area contributed by atoms with Gasteiger partial charge in [0.25, 0.3) is 0 Å². The zero-order valence-corrected chi connectivity index (χ0v) is 12.3. The van der Waals surface area contributed by atoms with Crippen LogP contribution in [0.25, 0.3) is 0 Å². The van der Waals surface area contributed by atoms with Crippen LogP contribution in [0.15, 0.2) is 0 Å². The Hall–Kier alpha value is -0.610. The molecule has 4 nitrogen and oxygen atoms in total. The van der Waals surface area contributed by atoms with Gasteiger partial charge in [-0.2, -0.15) is 0 Å². The highest BCUT2D eigenvalue weighted by molar-refractivity contribution is 5.81. The van der Waals surface area contributed by atoms with Crippen LogP contribution in [-0.4, -0.2) is 49.6 Å². The molecule has 0 radical (unpaired) electrons. The summed E-state index contributed by atoms with van der Waals surface area (Å²) in [6.07, 6.45) is 3.21. The van der Waals surface area contributed by atoms with Crippen LogP contribution in [0, 0.1) is 5.92 Å². The molecule has 4 heteroatoms. The average Bonchev–Trinajstić information content (AvgIpc) is 2.37. The third kappa shape index (κ3) is 4.94. The number of nitrogens with zero attached hydrogens (tertiary/aromatic N) is 1. The number of rotatable bonds is 6. The van der Waals surface area contributed by atoms with E-state index >= 15 is 0 Å². The van der Waals surface area contributed by atoms with Gasteiger partial charge in [-0.15, -0.1) is 0 Å². The molecule has 1 saturated heterocycles. The Bertz CT molecular complexity index is 247. The molecule has 1 fully saturated rings. The van der Waals surface area contributed by atoms with E-state index in [2.05, 4.69) is 36.3 Å². The molecule has 1 unspecified atom stereocenters. The predicted octanol–water partition coefficient (Wildman–Crippen LogP) is 1.22. The van der Waals surface area contributed by atoms with E-state index in [-0.39, 0.29) is 11.9 Å². The van der Waals surface area contributed by atoms with Crippen molar-refractivity contribution in [2.45, 2.75) is 52.1 Å². The van der Waals surface area contributed by atoms with Gasteiger partial charge < -0.3 is 15.5 Å². The monoisotopic (exact) mass is 255 g/mol. The van der Waals surface area contributed by atoms with Crippen molar-refractivity contribution in [3.8, 4) is 0 Å². The summed E-state index contributed by atoms with van der Waals surface area (Å²) in [7, 11) is 1.72. The summed E-state index contributed by atoms with van der Waals surface area (Å²) in [5, 5.41) is 6.31. The molecule has 0 aromatic carbocycles. The Balaban J connectivity index is 2.43. The molecule has 0 aromatic rings. The van der Waals surface area contributed by atoms with Gasteiger partial charge in [0, 0.05) is 13.1 Å². The number of carbonyl (C=O) groups is 1. The molecule has 0 aromatic heterocycles. The van der Waals surface area contributed by atoms with Gasteiger partial charge in [0.05, 0.1) is 6.04 Å². The lowest BCUT2D eigenvalue weighted by Gasteiger charge is -2.34. The number of nitrogens with one attached hydrogen (secondary N) is 2. The number of amides is 1. The first-order chi connectivity index (χ1) is 8.56. The van der Waals surface area contributed by atoms with E-state index in [0.717, 1.165) is 38.9 Å². The minimum atomic E-state index is -0.0341. The standard InChI is InChI=1S/C14H29N3O/c1-5-17-8-6-12(7-9-17)16-13(10-11(2)3)14(18)15-4/h11-13,16H,5-10H2,1-4H3,(H,15,18). The second-order valence-corrected chi connectivity index (χ2v) is 5.67. The highest BCUT2D eigenvalue weighted by atomic mass is 16.2. The zero-order chi connectivity index (χ0) is 13.5. The fraction of sp³-hybridized carbons (Fsp3) is 0.929. The maximum atomic E-state index is 11.9. The molecule has 0 spiro atoms. The molecule has 1 aliphatic rings. The van der Waals surface area contributed by atoms with Crippen molar-refractivity contribution >= 4 is 5.91 Å². The lowest BCUT2D eigenvalue weighted by molar-refractivity contribution is -0.123. The van der Waals surface area contributed by atoms with Gasteiger partial charge in [-0.25, -0.2) is 0 Å². The molecule has 1 aliphatic heterocycles. The van der Waals surface area contributed by atoms with Gasteiger partial charge in [-0.3, -0.25) is 4.79 Å². The Labute approximate surface area is 111 Å². The van der Waals surface area contributed by atoms with Gasteiger partial charge in [-0.1, -0.05) is 20.8 Å². The fourth-order valence-corrected chi connectivity index (χ4v) is 2.60. The van der Waals surface area contributed by atoms with Crippen molar-refractivity contribution in [2.75, 3.05) is 26.7 Å². The highest BCUT2D eigenvalue weighted by Crippen LogP contribution is 2.13. The van der Waals surface area contributed by atoms with Crippen LogP contribution in [0.2, 0.25) is 0 Å². The van der Waals surface area contributed by atoms with E-state index < -0.39 is 0 Å². The Morgan fingerprint density at radius 1 is 1.33 bits per heavy atom. The topological polar surface area (TPSA) is 44.4 Å². The Morgan fingerprint density at radius 3 is 2.39 bits per heavy atom. The van der Waals surface area contributed by atoms with E-state index in [1.807, 2.05) is 0 Å². The van der Waals surface area contributed by atoms with Crippen molar-refractivity contribution in [1.29, 1.82) is 0 Å². The van der Waals surface area contributed by atoms with Gasteiger partial charge >= 0.3 is 0 Å². The largest absolute Gasteiger partial charge is 0.358 e. The van der Waals surface area contributed by atoms with E-state index in [4.69, 9.17) is 0 Å². The van der Waals surface area contributed by atoms with Gasteiger partial charge in [0.1, 0.15) is 0 Å². The van der Waals surface area contributed by atoms with E-state index in [0.29, 0.717) is 12.0 Å². The molecular weight excluding hydrogens is 226 g/mol.